The molecular weight excluding hydrogens is 361 g/mol. The van der Waals surface area contributed by atoms with Crippen molar-refractivity contribution in [1.82, 2.24) is 9.88 Å². The zero-order valence-electron chi connectivity index (χ0n) is 14.3. The average molecular weight is 378 g/mol. The normalized spacial score (nSPS) is 17.6. The molecular formula is C19H17F3N2O3. The minimum Gasteiger partial charge on any atom is -0.338 e. The summed E-state index contributed by atoms with van der Waals surface area (Å²) in [5, 5.41) is 0. The molecule has 2 heterocycles. The molecule has 1 aromatic carbocycles. The van der Waals surface area contributed by atoms with E-state index in [0.29, 0.717) is 31.0 Å². The predicted molar refractivity (Wildman–Crippen MR) is 91.5 cm³/mol. The molecule has 1 atom stereocenters. The SMILES string of the molecule is O=C(c1ccccc1)[C@@H]1CCCN(C(=O)c2ccc(C(F)(F)F)[nH]c2=O)C1. The van der Waals surface area contributed by atoms with Gasteiger partial charge in [0.1, 0.15) is 11.3 Å². The highest BCUT2D eigenvalue weighted by atomic mass is 19.4. The van der Waals surface area contributed by atoms with E-state index < -0.39 is 29.3 Å². The number of ketones is 1. The Kier molecular flexibility index (Phi) is 5.16. The largest absolute Gasteiger partial charge is 0.431 e. The van der Waals surface area contributed by atoms with E-state index in [1.54, 1.807) is 35.3 Å². The quantitative estimate of drug-likeness (QED) is 0.835. The van der Waals surface area contributed by atoms with Crippen molar-refractivity contribution in [2.45, 2.75) is 19.0 Å². The van der Waals surface area contributed by atoms with Crippen LogP contribution in [0.1, 0.15) is 39.3 Å². The third kappa shape index (κ3) is 4.10. The number of nitrogens with zero attached hydrogens (tertiary/aromatic N) is 1. The van der Waals surface area contributed by atoms with E-state index in [4.69, 9.17) is 0 Å². The van der Waals surface area contributed by atoms with Crippen molar-refractivity contribution in [3.05, 3.63) is 69.6 Å². The van der Waals surface area contributed by atoms with Gasteiger partial charge in [0, 0.05) is 24.6 Å². The second-order valence-corrected chi connectivity index (χ2v) is 6.43. The lowest BCUT2D eigenvalue weighted by Crippen LogP contribution is -2.44. The van der Waals surface area contributed by atoms with Crippen LogP contribution in [0.5, 0.6) is 0 Å². The number of rotatable bonds is 3. The molecule has 1 aliphatic heterocycles. The van der Waals surface area contributed by atoms with Crippen LogP contribution in [0.2, 0.25) is 0 Å². The van der Waals surface area contributed by atoms with Gasteiger partial charge in [-0.2, -0.15) is 13.2 Å². The molecule has 0 aliphatic carbocycles. The molecule has 1 saturated heterocycles. The van der Waals surface area contributed by atoms with Gasteiger partial charge < -0.3 is 9.88 Å². The number of Topliss-reactive ketones (excluding diaryl/α,β-unsaturated/α-hetero) is 1. The van der Waals surface area contributed by atoms with Crippen LogP contribution in [0, 0.1) is 5.92 Å². The van der Waals surface area contributed by atoms with Crippen LogP contribution in [0.4, 0.5) is 13.2 Å². The summed E-state index contributed by atoms with van der Waals surface area (Å²) < 4.78 is 38.0. The topological polar surface area (TPSA) is 70.2 Å². The lowest BCUT2D eigenvalue weighted by atomic mass is 9.90. The summed E-state index contributed by atoms with van der Waals surface area (Å²) in [6.07, 6.45) is -3.51. The number of H-pyrrole nitrogens is 1. The first-order chi connectivity index (χ1) is 12.8. The molecule has 1 N–H and O–H groups in total. The molecule has 0 radical (unpaired) electrons. The third-order valence-electron chi connectivity index (χ3n) is 4.58. The number of halogens is 3. The van der Waals surface area contributed by atoms with Crippen molar-refractivity contribution in [1.29, 1.82) is 0 Å². The molecule has 2 aromatic rings. The Balaban J connectivity index is 1.77. The summed E-state index contributed by atoms with van der Waals surface area (Å²) in [6, 6.07) is 10.2. The highest BCUT2D eigenvalue weighted by molar-refractivity contribution is 5.99. The molecule has 3 rings (SSSR count). The summed E-state index contributed by atoms with van der Waals surface area (Å²) in [4.78, 5) is 40.2. The number of likely N-dealkylation sites (tertiary alicyclic amines) is 1. The van der Waals surface area contributed by atoms with Crippen LogP contribution in [0.15, 0.2) is 47.3 Å². The number of hydrogen-bond donors (Lipinski definition) is 1. The summed E-state index contributed by atoms with van der Waals surface area (Å²) in [5.74, 6) is -1.16. The van der Waals surface area contributed by atoms with Crippen molar-refractivity contribution >= 4 is 11.7 Å². The molecule has 1 amide bonds. The van der Waals surface area contributed by atoms with Gasteiger partial charge in [0.2, 0.25) is 0 Å². The zero-order valence-corrected chi connectivity index (χ0v) is 14.3. The second-order valence-electron chi connectivity index (χ2n) is 6.43. The van der Waals surface area contributed by atoms with Gasteiger partial charge in [-0.25, -0.2) is 0 Å². The Morgan fingerprint density at radius 3 is 2.41 bits per heavy atom. The molecule has 27 heavy (non-hydrogen) atoms. The van der Waals surface area contributed by atoms with Crippen molar-refractivity contribution in [3.63, 3.8) is 0 Å². The minimum atomic E-state index is -4.70. The van der Waals surface area contributed by atoms with Gasteiger partial charge in [0.25, 0.3) is 11.5 Å². The lowest BCUT2D eigenvalue weighted by Gasteiger charge is -2.32. The number of aromatic amines is 1. The van der Waals surface area contributed by atoms with E-state index in [9.17, 15) is 27.6 Å². The molecule has 5 nitrogen and oxygen atoms in total. The maximum Gasteiger partial charge on any atom is 0.431 e. The number of benzene rings is 1. The first-order valence-electron chi connectivity index (χ1n) is 8.46. The fourth-order valence-electron chi connectivity index (χ4n) is 3.19. The molecule has 1 aromatic heterocycles. The van der Waals surface area contributed by atoms with Crippen molar-refractivity contribution in [2.24, 2.45) is 5.92 Å². The number of pyridine rings is 1. The van der Waals surface area contributed by atoms with Gasteiger partial charge in [0.15, 0.2) is 5.78 Å². The van der Waals surface area contributed by atoms with Gasteiger partial charge >= 0.3 is 6.18 Å². The number of piperidine rings is 1. The number of alkyl halides is 3. The van der Waals surface area contributed by atoms with E-state index in [1.165, 1.54) is 4.90 Å². The van der Waals surface area contributed by atoms with Crippen molar-refractivity contribution in [2.75, 3.05) is 13.1 Å². The summed E-state index contributed by atoms with van der Waals surface area (Å²) >= 11 is 0. The Hall–Kier alpha value is -2.90. The Morgan fingerprint density at radius 1 is 1.07 bits per heavy atom. The summed E-state index contributed by atoms with van der Waals surface area (Å²) in [6.45, 7) is 0.477. The summed E-state index contributed by atoms with van der Waals surface area (Å²) in [5.41, 5.74) is -2.12. The molecule has 142 valence electrons. The molecule has 8 heteroatoms. The number of carbonyl (C=O) groups excluding carboxylic acids is 2. The molecule has 1 aliphatic rings. The van der Waals surface area contributed by atoms with Crippen LogP contribution in [-0.2, 0) is 6.18 Å². The fraction of sp³-hybridized carbons (Fsp3) is 0.316. The highest BCUT2D eigenvalue weighted by Gasteiger charge is 2.34. The fourth-order valence-corrected chi connectivity index (χ4v) is 3.19. The van der Waals surface area contributed by atoms with E-state index >= 15 is 0 Å². The maximum atomic E-state index is 12.7. The Morgan fingerprint density at radius 2 is 1.78 bits per heavy atom. The third-order valence-corrected chi connectivity index (χ3v) is 4.58. The Bertz CT molecular complexity index is 906. The first kappa shape index (κ1) is 18.9. The van der Waals surface area contributed by atoms with Crippen molar-refractivity contribution < 1.29 is 22.8 Å². The van der Waals surface area contributed by atoms with Crippen LogP contribution in [0.3, 0.4) is 0 Å². The Labute approximate surface area is 152 Å². The lowest BCUT2D eigenvalue weighted by molar-refractivity contribution is -0.141. The molecule has 0 bridgehead atoms. The van der Waals surface area contributed by atoms with Crippen LogP contribution in [0.25, 0.3) is 0 Å². The standard InChI is InChI=1S/C19H17F3N2O3/c20-19(21,22)15-9-8-14(17(26)23-15)18(27)24-10-4-7-13(11-24)16(25)12-5-2-1-3-6-12/h1-3,5-6,8-9,13H,4,7,10-11H2,(H,23,26)/t13-/m1/s1. The smallest absolute Gasteiger partial charge is 0.338 e. The maximum absolute atomic E-state index is 12.7. The first-order valence-corrected chi connectivity index (χ1v) is 8.46. The minimum absolute atomic E-state index is 0.0885. The van der Waals surface area contributed by atoms with Crippen molar-refractivity contribution in [3.8, 4) is 0 Å². The van der Waals surface area contributed by atoms with Crippen LogP contribution >= 0.6 is 0 Å². The number of aromatic nitrogens is 1. The number of carbonyl (C=O) groups is 2. The van der Waals surface area contributed by atoms with Crippen LogP contribution < -0.4 is 5.56 Å². The van der Waals surface area contributed by atoms with Gasteiger partial charge in [-0.05, 0) is 25.0 Å². The molecule has 1 fully saturated rings. The highest BCUT2D eigenvalue weighted by Crippen LogP contribution is 2.27. The summed E-state index contributed by atoms with van der Waals surface area (Å²) in [7, 11) is 0. The number of nitrogens with one attached hydrogen (secondary N) is 1. The van der Waals surface area contributed by atoms with Gasteiger partial charge in [-0.3, -0.25) is 14.4 Å². The molecule has 0 saturated carbocycles. The number of hydrogen-bond acceptors (Lipinski definition) is 3. The van der Waals surface area contributed by atoms with E-state index in [2.05, 4.69) is 0 Å². The van der Waals surface area contributed by atoms with Gasteiger partial charge in [-0.1, -0.05) is 30.3 Å². The van der Waals surface area contributed by atoms with Gasteiger partial charge in [0.05, 0.1) is 0 Å². The number of amides is 1. The second kappa shape index (κ2) is 7.38. The monoisotopic (exact) mass is 378 g/mol. The van der Waals surface area contributed by atoms with E-state index in [-0.39, 0.29) is 17.9 Å². The predicted octanol–water partition coefficient (Wildman–Crippen LogP) is 3.13. The van der Waals surface area contributed by atoms with E-state index in [1.807, 2.05) is 0 Å². The zero-order chi connectivity index (χ0) is 19.6. The molecule has 0 spiro atoms. The van der Waals surface area contributed by atoms with E-state index in [0.717, 1.165) is 6.07 Å². The average Bonchev–Trinajstić information content (AvgIpc) is 2.67. The van der Waals surface area contributed by atoms with Crippen LogP contribution in [-0.4, -0.2) is 34.7 Å². The molecule has 0 unspecified atom stereocenters. The van der Waals surface area contributed by atoms with Gasteiger partial charge in [-0.15, -0.1) is 0 Å².